The van der Waals surface area contributed by atoms with E-state index >= 15 is 0 Å². The molecule has 1 saturated carbocycles. The molecule has 1 saturated heterocycles. The molecule has 1 heterocycles. The van der Waals surface area contributed by atoms with Gasteiger partial charge in [-0.25, -0.2) is 0 Å². The predicted molar refractivity (Wildman–Crippen MR) is 66.0 cm³/mol. The number of piperidine rings is 1. The SMILES string of the molecule is CC1CC(C)CC2(C1)C(C#N)C(=O)NC(=O)C2C#N. The fourth-order valence-corrected chi connectivity index (χ4v) is 4.03. The third-order valence-corrected chi connectivity index (χ3v) is 4.44. The van der Waals surface area contributed by atoms with Gasteiger partial charge in [0.25, 0.3) is 0 Å². The van der Waals surface area contributed by atoms with Gasteiger partial charge in [0.15, 0.2) is 0 Å². The highest BCUT2D eigenvalue weighted by Crippen LogP contribution is 2.53. The van der Waals surface area contributed by atoms with Crippen LogP contribution in [-0.2, 0) is 9.59 Å². The summed E-state index contributed by atoms with van der Waals surface area (Å²) in [5, 5.41) is 20.8. The summed E-state index contributed by atoms with van der Waals surface area (Å²) in [6.07, 6.45) is 2.19. The lowest BCUT2D eigenvalue weighted by Crippen LogP contribution is -2.59. The van der Waals surface area contributed by atoms with E-state index in [1.165, 1.54) is 0 Å². The molecule has 4 unspecified atom stereocenters. The van der Waals surface area contributed by atoms with Gasteiger partial charge in [-0.1, -0.05) is 13.8 Å². The van der Waals surface area contributed by atoms with Crippen molar-refractivity contribution in [2.24, 2.45) is 29.1 Å². The van der Waals surface area contributed by atoms with Crippen LogP contribution < -0.4 is 5.32 Å². The molecule has 1 spiro atoms. The molecule has 2 aliphatic rings. The quantitative estimate of drug-likeness (QED) is 0.665. The molecule has 19 heavy (non-hydrogen) atoms. The maximum atomic E-state index is 11.9. The standard InChI is InChI=1S/C14H17N3O2/c1-8-3-9(2)5-14(4-8)10(6-15)12(18)17-13(19)11(14)7-16/h8-11H,3-5H2,1-2H3,(H,17,18,19). The Morgan fingerprint density at radius 2 is 1.47 bits per heavy atom. The zero-order valence-electron chi connectivity index (χ0n) is 11.1. The molecular formula is C14H17N3O2. The van der Waals surface area contributed by atoms with Crippen molar-refractivity contribution in [2.45, 2.75) is 33.1 Å². The monoisotopic (exact) mass is 259 g/mol. The molecule has 5 nitrogen and oxygen atoms in total. The molecule has 0 aromatic rings. The van der Waals surface area contributed by atoms with Gasteiger partial charge in [-0.05, 0) is 31.1 Å². The van der Waals surface area contributed by atoms with Crippen molar-refractivity contribution in [1.82, 2.24) is 5.32 Å². The first-order valence-corrected chi connectivity index (χ1v) is 6.58. The number of hydrogen-bond acceptors (Lipinski definition) is 4. The highest BCUT2D eigenvalue weighted by Gasteiger charge is 2.58. The zero-order valence-corrected chi connectivity index (χ0v) is 11.1. The van der Waals surface area contributed by atoms with E-state index in [1.807, 2.05) is 12.1 Å². The molecule has 2 amide bonds. The first-order chi connectivity index (χ1) is 8.94. The lowest BCUT2D eigenvalue weighted by molar-refractivity contribution is -0.148. The molecular weight excluding hydrogens is 242 g/mol. The number of carbonyl (C=O) groups excluding carboxylic acids is 2. The van der Waals surface area contributed by atoms with E-state index in [0.29, 0.717) is 24.7 Å². The van der Waals surface area contributed by atoms with E-state index in [9.17, 15) is 20.1 Å². The van der Waals surface area contributed by atoms with E-state index in [0.717, 1.165) is 6.42 Å². The second kappa shape index (κ2) is 4.66. The first-order valence-electron chi connectivity index (χ1n) is 6.58. The van der Waals surface area contributed by atoms with Crippen LogP contribution in [0.25, 0.3) is 0 Å². The van der Waals surface area contributed by atoms with E-state index in [-0.39, 0.29) is 0 Å². The van der Waals surface area contributed by atoms with Crippen LogP contribution in [0.5, 0.6) is 0 Å². The molecule has 5 heteroatoms. The number of nitrogens with zero attached hydrogens (tertiary/aromatic N) is 2. The lowest BCUT2D eigenvalue weighted by Gasteiger charge is -2.48. The van der Waals surface area contributed by atoms with Crippen LogP contribution in [0.1, 0.15) is 33.1 Å². The minimum absolute atomic E-state index is 0.314. The van der Waals surface area contributed by atoms with Crippen molar-refractivity contribution in [2.75, 3.05) is 0 Å². The Morgan fingerprint density at radius 3 is 1.84 bits per heavy atom. The summed E-state index contributed by atoms with van der Waals surface area (Å²) >= 11 is 0. The van der Waals surface area contributed by atoms with Gasteiger partial charge in [-0.3, -0.25) is 14.9 Å². The molecule has 0 aromatic heterocycles. The van der Waals surface area contributed by atoms with Crippen molar-refractivity contribution in [1.29, 1.82) is 10.5 Å². The molecule has 2 rings (SSSR count). The molecule has 1 aliphatic carbocycles. The number of nitriles is 2. The smallest absolute Gasteiger partial charge is 0.244 e. The second-order valence-electron chi connectivity index (χ2n) is 6.07. The normalized spacial score (nSPS) is 42.3. The third kappa shape index (κ3) is 2.00. The predicted octanol–water partition coefficient (Wildman–Crippen LogP) is 1.36. The number of hydrogen-bond donors (Lipinski definition) is 1. The lowest BCUT2D eigenvalue weighted by atomic mass is 9.54. The summed E-state index contributed by atoms with van der Waals surface area (Å²) in [5.41, 5.74) is -0.806. The Morgan fingerprint density at radius 1 is 1.05 bits per heavy atom. The Bertz CT molecular complexity index is 456. The van der Waals surface area contributed by atoms with Gasteiger partial charge < -0.3 is 0 Å². The van der Waals surface area contributed by atoms with Crippen molar-refractivity contribution in [3.63, 3.8) is 0 Å². The summed E-state index contributed by atoms with van der Waals surface area (Å²) in [6.45, 7) is 4.11. The molecule has 0 bridgehead atoms. The van der Waals surface area contributed by atoms with E-state index in [2.05, 4.69) is 19.2 Å². The van der Waals surface area contributed by atoms with Gasteiger partial charge >= 0.3 is 0 Å². The third-order valence-electron chi connectivity index (χ3n) is 4.44. The molecule has 4 atom stereocenters. The fraction of sp³-hybridized carbons (Fsp3) is 0.714. The van der Waals surface area contributed by atoms with Crippen LogP contribution in [-0.4, -0.2) is 11.8 Å². The minimum atomic E-state index is -0.903. The maximum Gasteiger partial charge on any atom is 0.244 e. The highest BCUT2D eigenvalue weighted by molar-refractivity contribution is 6.03. The van der Waals surface area contributed by atoms with Crippen molar-refractivity contribution in [3.8, 4) is 12.1 Å². The topological polar surface area (TPSA) is 93.8 Å². The average Bonchev–Trinajstić information content (AvgIpc) is 2.27. The zero-order chi connectivity index (χ0) is 14.2. The second-order valence-corrected chi connectivity index (χ2v) is 6.07. The largest absolute Gasteiger partial charge is 0.294 e. The van der Waals surface area contributed by atoms with Crippen LogP contribution >= 0.6 is 0 Å². The Balaban J connectivity index is 2.51. The van der Waals surface area contributed by atoms with E-state index < -0.39 is 29.1 Å². The van der Waals surface area contributed by atoms with Gasteiger partial charge in [0.05, 0.1) is 12.1 Å². The molecule has 0 aromatic carbocycles. The summed E-state index contributed by atoms with van der Waals surface area (Å²) < 4.78 is 0. The van der Waals surface area contributed by atoms with Crippen LogP contribution in [0.2, 0.25) is 0 Å². The number of amides is 2. The maximum absolute atomic E-state index is 11.9. The van der Waals surface area contributed by atoms with Crippen LogP contribution in [0.15, 0.2) is 0 Å². The van der Waals surface area contributed by atoms with E-state index in [4.69, 9.17) is 0 Å². The van der Waals surface area contributed by atoms with Gasteiger partial charge in [0.1, 0.15) is 11.8 Å². The summed E-state index contributed by atoms with van der Waals surface area (Å²) in [6, 6.07) is 4.05. The van der Waals surface area contributed by atoms with Gasteiger partial charge in [-0.15, -0.1) is 0 Å². The highest BCUT2D eigenvalue weighted by atomic mass is 16.2. The van der Waals surface area contributed by atoms with Crippen molar-refractivity contribution < 1.29 is 9.59 Å². The van der Waals surface area contributed by atoms with Crippen molar-refractivity contribution >= 4 is 11.8 Å². The summed E-state index contributed by atoms with van der Waals surface area (Å²) in [5.74, 6) is -2.26. The van der Waals surface area contributed by atoms with Gasteiger partial charge in [0.2, 0.25) is 11.8 Å². The number of nitrogens with one attached hydrogen (secondary N) is 1. The van der Waals surface area contributed by atoms with Gasteiger partial charge in [-0.2, -0.15) is 10.5 Å². The molecule has 1 aliphatic heterocycles. The first kappa shape index (κ1) is 13.5. The minimum Gasteiger partial charge on any atom is -0.294 e. The Kier molecular flexibility index (Phi) is 3.32. The van der Waals surface area contributed by atoms with Crippen molar-refractivity contribution in [3.05, 3.63) is 0 Å². The van der Waals surface area contributed by atoms with Gasteiger partial charge in [0, 0.05) is 5.41 Å². The molecule has 1 N–H and O–H groups in total. The number of carbonyl (C=O) groups is 2. The molecule has 100 valence electrons. The Labute approximate surface area is 112 Å². The Hall–Kier alpha value is -1.88. The molecule has 2 fully saturated rings. The summed E-state index contributed by atoms with van der Waals surface area (Å²) in [7, 11) is 0. The fourth-order valence-electron chi connectivity index (χ4n) is 4.03. The molecule has 0 radical (unpaired) electrons. The van der Waals surface area contributed by atoms with Crippen LogP contribution in [0, 0.1) is 51.7 Å². The number of imide groups is 1. The van der Waals surface area contributed by atoms with E-state index in [1.54, 1.807) is 0 Å². The van der Waals surface area contributed by atoms with Crippen LogP contribution in [0.4, 0.5) is 0 Å². The van der Waals surface area contributed by atoms with Crippen LogP contribution in [0.3, 0.4) is 0 Å². The number of rotatable bonds is 0. The average molecular weight is 259 g/mol. The summed E-state index contributed by atoms with van der Waals surface area (Å²) in [4.78, 5) is 23.8.